The molecule has 2 aliphatic rings. The number of allylic oxidation sites excluding steroid dienone is 2. The lowest BCUT2D eigenvalue weighted by Crippen LogP contribution is -2.18. The zero-order chi connectivity index (χ0) is 11.8. The fraction of sp³-hybridized carbons (Fsp3) is 0.400. The van der Waals surface area contributed by atoms with Gasteiger partial charge in [-0.3, -0.25) is 4.79 Å². The Labute approximate surface area is 102 Å². The Bertz CT molecular complexity index is 475. The minimum Gasteiger partial charge on any atom is -0.370 e. The minimum absolute atomic E-state index is 0.350. The number of rotatable bonds is 2. The molecule has 0 amide bonds. The summed E-state index contributed by atoms with van der Waals surface area (Å²) in [6.07, 6.45) is 1.89. The van der Waals surface area contributed by atoms with Gasteiger partial charge in [0.2, 0.25) is 0 Å². The first-order valence-corrected chi connectivity index (χ1v) is 6.28. The molecule has 3 rings (SSSR count). The van der Waals surface area contributed by atoms with Crippen molar-refractivity contribution in [3.05, 3.63) is 47.2 Å². The molecule has 1 fully saturated rings. The molecule has 0 aromatic heterocycles. The molecular weight excluding hydrogens is 210 g/mol. The van der Waals surface area contributed by atoms with Gasteiger partial charge in [-0.05, 0) is 18.9 Å². The molecule has 1 aromatic carbocycles. The fourth-order valence-corrected chi connectivity index (χ4v) is 3.06. The van der Waals surface area contributed by atoms with E-state index in [9.17, 15) is 4.79 Å². The molecule has 17 heavy (non-hydrogen) atoms. The van der Waals surface area contributed by atoms with Crippen LogP contribution in [0.1, 0.15) is 25.3 Å². The van der Waals surface area contributed by atoms with Crippen molar-refractivity contribution in [2.24, 2.45) is 5.92 Å². The van der Waals surface area contributed by atoms with E-state index < -0.39 is 0 Å². The van der Waals surface area contributed by atoms with E-state index in [-0.39, 0.29) is 0 Å². The lowest BCUT2D eigenvalue weighted by molar-refractivity contribution is -0.115. The summed E-state index contributed by atoms with van der Waals surface area (Å²) < 4.78 is 0. The van der Waals surface area contributed by atoms with E-state index in [4.69, 9.17) is 0 Å². The molecule has 88 valence electrons. The zero-order valence-corrected chi connectivity index (χ0v) is 10.1. The number of carbonyl (C=O) groups is 1. The molecule has 1 aliphatic carbocycles. The molecular formula is C15H17NO. The third-order valence-electron chi connectivity index (χ3n) is 3.93. The normalized spacial score (nSPS) is 23.5. The van der Waals surface area contributed by atoms with Gasteiger partial charge < -0.3 is 4.90 Å². The Morgan fingerprint density at radius 3 is 2.82 bits per heavy atom. The van der Waals surface area contributed by atoms with E-state index in [0.29, 0.717) is 11.7 Å². The van der Waals surface area contributed by atoms with E-state index in [2.05, 4.69) is 29.2 Å². The maximum atomic E-state index is 11.7. The largest absolute Gasteiger partial charge is 0.370 e. The number of ketones is 1. The van der Waals surface area contributed by atoms with Crippen LogP contribution in [0.4, 0.5) is 0 Å². The first-order chi connectivity index (χ1) is 8.25. The van der Waals surface area contributed by atoms with Crippen LogP contribution in [0.15, 0.2) is 41.6 Å². The summed E-state index contributed by atoms with van der Waals surface area (Å²) in [6.45, 7) is 4.03. The molecule has 0 bridgehead atoms. The second kappa shape index (κ2) is 4.02. The van der Waals surface area contributed by atoms with Crippen LogP contribution < -0.4 is 0 Å². The number of Topliss-reactive ketones (excluding diaryl/α,β-unsaturated/α-hetero) is 1. The quantitative estimate of drug-likeness (QED) is 0.774. The molecule has 2 nitrogen and oxygen atoms in total. The van der Waals surface area contributed by atoms with Crippen LogP contribution in [0.2, 0.25) is 0 Å². The maximum absolute atomic E-state index is 11.7. The minimum atomic E-state index is 0.350. The van der Waals surface area contributed by atoms with Gasteiger partial charge >= 0.3 is 0 Å². The Balaban J connectivity index is 1.84. The van der Waals surface area contributed by atoms with Gasteiger partial charge in [-0.1, -0.05) is 30.3 Å². The summed E-state index contributed by atoms with van der Waals surface area (Å²) in [4.78, 5) is 14.1. The van der Waals surface area contributed by atoms with Crippen molar-refractivity contribution in [1.29, 1.82) is 0 Å². The summed E-state index contributed by atoms with van der Waals surface area (Å²) in [6, 6.07) is 10.5. The smallest absolute Gasteiger partial charge is 0.160 e. The maximum Gasteiger partial charge on any atom is 0.160 e. The second-order valence-corrected chi connectivity index (χ2v) is 5.03. The third kappa shape index (κ3) is 1.78. The van der Waals surface area contributed by atoms with Crippen LogP contribution in [0.25, 0.3) is 0 Å². The van der Waals surface area contributed by atoms with Crippen molar-refractivity contribution in [3.8, 4) is 0 Å². The fourth-order valence-electron chi connectivity index (χ4n) is 3.06. The molecule has 0 radical (unpaired) electrons. The number of likely N-dealkylation sites (tertiary alicyclic amines) is 1. The first kappa shape index (κ1) is 10.6. The van der Waals surface area contributed by atoms with Crippen molar-refractivity contribution in [3.63, 3.8) is 0 Å². The molecule has 1 saturated heterocycles. The van der Waals surface area contributed by atoms with Crippen LogP contribution in [-0.2, 0) is 11.3 Å². The van der Waals surface area contributed by atoms with E-state index in [1.807, 2.05) is 13.0 Å². The molecule has 0 N–H and O–H groups in total. The van der Waals surface area contributed by atoms with Crippen LogP contribution in [-0.4, -0.2) is 17.2 Å². The highest BCUT2D eigenvalue weighted by molar-refractivity contribution is 5.98. The van der Waals surface area contributed by atoms with Crippen LogP contribution >= 0.6 is 0 Å². The molecule has 1 heterocycles. The highest BCUT2D eigenvalue weighted by atomic mass is 16.1. The lowest BCUT2D eigenvalue weighted by atomic mass is 10.1. The first-order valence-electron chi connectivity index (χ1n) is 6.28. The van der Waals surface area contributed by atoms with E-state index in [1.165, 1.54) is 11.3 Å². The Morgan fingerprint density at radius 2 is 2.06 bits per heavy atom. The molecule has 0 spiro atoms. The van der Waals surface area contributed by atoms with Crippen molar-refractivity contribution < 1.29 is 4.79 Å². The molecule has 0 saturated carbocycles. The van der Waals surface area contributed by atoms with Gasteiger partial charge in [0.05, 0.1) is 0 Å². The molecule has 1 unspecified atom stereocenters. The SMILES string of the molecule is CC1=C2C(CCN2Cc2ccccc2)CC1=O. The Hall–Kier alpha value is -1.57. The predicted octanol–water partition coefficient (Wildman–Crippen LogP) is 2.76. The number of fused-ring (bicyclic) bond motifs is 1. The average molecular weight is 227 g/mol. The van der Waals surface area contributed by atoms with Crippen molar-refractivity contribution in [2.45, 2.75) is 26.3 Å². The van der Waals surface area contributed by atoms with Crippen molar-refractivity contribution in [2.75, 3.05) is 6.54 Å². The number of nitrogens with zero attached hydrogens (tertiary/aromatic N) is 1. The monoisotopic (exact) mass is 227 g/mol. The van der Waals surface area contributed by atoms with Crippen molar-refractivity contribution in [1.82, 2.24) is 4.90 Å². The topological polar surface area (TPSA) is 20.3 Å². The molecule has 1 aromatic rings. The summed E-state index contributed by atoms with van der Waals surface area (Å²) in [5.41, 5.74) is 3.65. The van der Waals surface area contributed by atoms with Crippen LogP contribution in [0, 0.1) is 5.92 Å². The number of benzene rings is 1. The van der Waals surface area contributed by atoms with Gasteiger partial charge in [-0.2, -0.15) is 0 Å². The number of carbonyl (C=O) groups excluding carboxylic acids is 1. The highest BCUT2D eigenvalue weighted by Crippen LogP contribution is 2.39. The Morgan fingerprint density at radius 1 is 1.29 bits per heavy atom. The predicted molar refractivity (Wildman–Crippen MR) is 67.3 cm³/mol. The van der Waals surface area contributed by atoms with Gasteiger partial charge in [0.25, 0.3) is 0 Å². The van der Waals surface area contributed by atoms with Gasteiger partial charge in [0.1, 0.15) is 0 Å². The van der Waals surface area contributed by atoms with Crippen LogP contribution in [0.5, 0.6) is 0 Å². The van der Waals surface area contributed by atoms with Gasteiger partial charge in [-0.15, -0.1) is 0 Å². The number of hydrogen-bond acceptors (Lipinski definition) is 2. The zero-order valence-electron chi connectivity index (χ0n) is 10.1. The van der Waals surface area contributed by atoms with Gasteiger partial charge in [0.15, 0.2) is 5.78 Å². The summed E-state index contributed by atoms with van der Waals surface area (Å²) in [7, 11) is 0. The second-order valence-electron chi connectivity index (χ2n) is 5.03. The summed E-state index contributed by atoms with van der Waals surface area (Å²) in [5.74, 6) is 0.856. The molecule has 1 atom stereocenters. The van der Waals surface area contributed by atoms with Gasteiger partial charge in [0, 0.05) is 36.7 Å². The molecule has 2 heteroatoms. The third-order valence-corrected chi connectivity index (χ3v) is 3.93. The average Bonchev–Trinajstić information content (AvgIpc) is 2.84. The van der Waals surface area contributed by atoms with E-state index >= 15 is 0 Å². The highest BCUT2D eigenvalue weighted by Gasteiger charge is 2.37. The Kier molecular flexibility index (Phi) is 2.50. The lowest BCUT2D eigenvalue weighted by Gasteiger charge is -2.21. The number of hydrogen-bond donors (Lipinski definition) is 0. The summed E-state index contributed by atoms with van der Waals surface area (Å²) >= 11 is 0. The van der Waals surface area contributed by atoms with E-state index in [1.54, 1.807) is 0 Å². The summed E-state index contributed by atoms with van der Waals surface area (Å²) in [5, 5.41) is 0. The van der Waals surface area contributed by atoms with Crippen molar-refractivity contribution >= 4 is 5.78 Å². The standard InChI is InChI=1S/C15H17NO/c1-11-14(17)9-13-7-8-16(15(11)13)10-12-5-3-2-4-6-12/h2-6,13H,7-10H2,1H3. The van der Waals surface area contributed by atoms with E-state index in [0.717, 1.165) is 31.5 Å². The molecule has 1 aliphatic heterocycles. The van der Waals surface area contributed by atoms with Crippen LogP contribution in [0.3, 0.4) is 0 Å². The van der Waals surface area contributed by atoms with Gasteiger partial charge in [-0.25, -0.2) is 0 Å².